The number of likely N-dealkylation sites (tertiary alicyclic amines) is 1. The Bertz CT molecular complexity index is 579. The van der Waals surface area contributed by atoms with Gasteiger partial charge in [0.15, 0.2) is 0 Å². The maximum Gasteiger partial charge on any atom is 0.410 e. The van der Waals surface area contributed by atoms with E-state index in [1.54, 1.807) is 0 Å². The van der Waals surface area contributed by atoms with Crippen molar-refractivity contribution in [2.24, 2.45) is 11.8 Å². The first kappa shape index (κ1) is 16.1. The summed E-state index contributed by atoms with van der Waals surface area (Å²) in [7, 11) is 0. The topological polar surface area (TPSA) is 47.4 Å². The fourth-order valence-corrected chi connectivity index (χ4v) is 4.34. The molecule has 3 rings (SSSR count). The first-order valence-electron chi connectivity index (χ1n) is 7.90. The van der Waals surface area contributed by atoms with Crippen LogP contribution in [0.4, 0.5) is 4.79 Å². The number of hydrogen-bond acceptors (Lipinski definition) is 3. The van der Waals surface area contributed by atoms with Crippen LogP contribution >= 0.6 is 22.6 Å². The van der Waals surface area contributed by atoms with Gasteiger partial charge < -0.3 is 9.64 Å². The van der Waals surface area contributed by atoms with Crippen molar-refractivity contribution in [2.75, 3.05) is 13.1 Å². The minimum Gasteiger partial charge on any atom is -0.444 e. The smallest absolute Gasteiger partial charge is 0.410 e. The molecule has 0 unspecified atom stereocenters. The summed E-state index contributed by atoms with van der Waals surface area (Å²) in [4.78, 5) is 13.9. The molecule has 0 spiro atoms. The Labute approximate surface area is 145 Å². The molecule has 0 N–H and O–H groups in total. The van der Waals surface area contributed by atoms with Crippen LogP contribution in [0.15, 0.2) is 6.07 Å². The van der Waals surface area contributed by atoms with Crippen LogP contribution in [-0.2, 0) is 4.74 Å². The van der Waals surface area contributed by atoms with Crippen molar-refractivity contribution in [3.8, 4) is 0 Å². The van der Waals surface area contributed by atoms with E-state index < -0.39 is 5.60 Å². The highest BCUT2D eigenvalue weighted by molar-refractivity contribution is 14.1. The number of aromatic nitrogens is 2. The van der Waals surface area contributed by atoms with Gasteiger partial charge in [-0.2, -0.15) is 5.10 Å². The van der Waals surface area contributed by atoms with E-state index in [-0.39, 0.29) is 6.09 Å². The number of halogens is 1. The number of carbonyl (C=O) groups is 1. The summed E-state index contributed by atoms with van der Waals surface area (Å²) < 4.78 is 8.72. The molecular formula is C16H24IN3O2. The van der Waals surface area contributed by atoms with Gasteiger partial charge in [0.05, 0.1) is 9.39 Å². The van der Waals surface area contributed by atoms with Gasteiger partial charge in [-0.3, -0.25) is 4.68 Å². The first-order valence-corrected chi connectivity index (χ1v) is 8.98. The van der Waals surface area contributed by atoms with Crippen LogP contribution in [0, 0.1) is 15.5 Å². The molecule has 5 nitrogen and oxygen atoms in total. The van der Waals surface area contributed by atoms with Crippen LogP contribution in [0.1, 0.15) is 52.3 Å². The second kappa shape index (κ2) is 5.39. The molecule has 1 amide bonds. The molecule has 1 saturated heterocycles. The lowest BCUT2D eigenvalue weighted by molar-refractivity contribution is 0.0270. The molecule has 122 valence electrons. The van der Waals surface area contributed by atoms with Gasteiger partial charge in [0, 0.05) is 25.0 Å². The van der Waals surface area contributed by atoms with E-state index in [9.17, 15) is 4.79 Å². The predicted octanol–water partition coefficient (Wildman–Crippen LogP) is 3.65. The zero-order chi connectivity index (χ0) is 16.2. The number of carbonyl (C=O) groups excluding carboxylic acids is 1. The average Bonchev–Trinajstić information content (AvgIpc) is 2.73. The summed E-state index contributed by atoms with van der Waals surface area (Å²) in [6, 6.07) is 2.58. The minimum absolute atomic E-state index is 0.180. The summed E-state index contributed by atoms with van der Waals surface area (Å²) in [5.74, 6) is 1.63. The molecule has 2 fully saturated rings. The monoisotopic (exact) mass is 417 g/mol. The summed E-state index contributed by atoms with van der Waals surface area (Å²) in [6.07, 6.45) is -0.180. The average molecular weight is 417 g/mol. The highest BCUT2D eigenvalue weighted by atomic mass is 127. The van der Waals surface area contributed by atoms with Crippen molar-refractivity contribution in [1.82, 2.24) is 14.7 Å². The maximum atomic E-state index is 12.1. The molecule has 1 aliphatic heterocycles. The number of ether oxygens (including phenoxy) is 1. The quantitative estimate of drug-likeness (QED) is 0.691. The van der Waals surface area contributed by atoms with Crippen molar-refractivity contribution in [2.45, 2.75) is 52.2 Å². The number of nitrogens with zero attached hydrogens (tertiary/aromatic N) is 3. The van der Waals surface area contributed by atoms with Crippen LogP contribution < -0.4 is 0 Å². The number of fused-ring (bicyclic) bond motifs is 1. The molecule has 2 heterocycles. The van der Waals surface area contributed by atoms with E-state index >= 15 is 0 Å². The minimum atomic E-state index is -0.421. The lowest BCUT2D eigenvalue weighted by Crippen LogP contribution is -2.36. The number of rotatable bonds is 2. The molecule has 0 aromatic carbocycles. The molecule has 0 radical (unpaired) electrons. The highest BCUT2D eigenvalue weighted by Gasteiger charge is 2.58. The molecule has 1 aromatic rings. The van der Waals surface area contributed by atoms with Gasteiger partial charge in [0.1, 0.15) is 5.60 Å². The van der Waals surface area contributed by atoms with E-state index in [2.05, 4.69) is 47.2 Å². The summed E-state index contributed by atoms with van der Waals surface area (Å²) in [5, 5.41) is 4.76. The van der Waals surface area contributed by atoms with Gasteiger partial charge in [0.25, 0.3) is 0 Å². The molecule has 2 aliphatic rings. The molecule has 1 aromatic heterocycles. The predicted molar refractivity (Wildman–Crippen MR) is 92.9 cm³/mol. The van der Waals surface area contributed by atoms with Crippen molar-refractivity contribution >= 4 is 28.7 Å². The first-order chi connectivity index (χ1) is 10.2. The largest absolute Gasteiger partial charge is 0.444 e. The Morgan fingerprint density at radius 3 is 2.41 bits per heavy atom. The standard InChI is InChI=1S/C16H24IN3O2/c1-9(2)20-13(17)6-12(18-20)14-10-7-19(8-11(10)14)15(21)22-16(3,4)5/h6,9-11,14H,7-8H2,1-5H3/t10-,11+,14+. The van der Waals surface area contributed by atoms with Crippen LogP contribution in [0.3, 0.4) is 0 Å². The van der Waals surface area contributed by atoms with Crippen LogP contribution in [0.5, 0.6) is 0 Å². The van der Waals surface area contributed by atoms with Gasteiger partial charge in [-0.05, 0) is 75.1 Å². The fourth-order valence-electron chi connectivity index (χ4n) is 3.35. The van der Waals surface area contributed by atoms with E-state index in [4.69, 9.17) is 9.84 Å². The van der Waals surface area contributed by atoms with Gasteiger partial charge >= 0.3 is 6.09 Å². The Balaban J connectivity index is 1.61. The van der Waals surface area contributed by atoms with Gasteiger partial charge in [-0.25, -0.2) is 4.79 Å². The van der Waals surface area contributed by atoms with E-state index in [1.165, 1.54) is 9.39 Å². The van der Waals surface area contributed by atoms with Crippen molar-refractivity contribution in [3.63, 3.8) is 0 Å². The van der Waals surface area contributed by atoms with Crippen molar-refractivity contribution in [3.05, 3.63) is 15.5 Å². The molecule has 3 atom stereocenters. The van der Waals surface area contributed by atoms with Gasteiger partial charge in [-0.15, -0.1) is 0 Å². The van der Waals surface area contributed by atoms with Crippen LogP contribution in [0.2, 0.25) is 0 Å². The second-order valence-electron chi connectivity index (χ2n) is 7.67. The van der Waals surface area contributed by atoms with Crippen molar-refractivity contribution in [1.29, 1.82) is 0 Å². The normalized spacial score (nSPS) is 27.2. The van der Waals surface area contributed by atoms with E-state index in [0.29, 0.717) is 23.8 Å². The van der Waals surface area contributed by atoms with Crippen molar-refractivity contribution < 1.29 is 9.53 Å². The third-order valence-corrected chi connectivity index (χ3v) is 5.19. The highest BCUT2D eigenvalue weighted by Crippen LogP contribution is 2.58. The summed E-state index contributed by atoms with van der Waals surface area (Å²) >= 11 is 2.35. The maximum absolute atomic E-state index is 12.1. The SMILES string of the molecule is CC(C)n1nc([C@H]2[C@@H]3CN(C(=O)OC(C)(C)C)C[C@@H]32)cc1I. The van der Waals surface area contributed by atoms with Gasteiger partial charge in [-0.1, -0.05) is 0 Å². The summed E-state index contributed by atoms with van der Waals surface area (Å²) in [6.45, 7) is 11.6. The molecular weight excluding hydrogens is 393 g/mol. The number of hydrogen-bond donors (Lipinski definition) is 0. The fraction of sp³-hybridized carbons (Fsp3) is 0.750. The zero-order valence-electron chi connectivity index (χ0n) is 13.8. The lowest BCUT2D eigenvalue weighted by Gasteiger charge is -2.25. The number of piperidine rings is 1. The molecule has 0 bridgehead atoms. The third kappa shape index (κ3) is 2.98. The van der Waals surface area contributed by atoms with Crippen LogP contribution in [0.25, 0.3) is 0 Å². The van der Waals surface area contributed by atoms with Crippen LogP contribution in [-0.4, -0.2) is 39.5 Å². The Morgan fingerprint density at radius 1 is 1.36 bits per heavy atom. The molecule has 22 heavy (non-hydrogen) atoms. The molecule has 1 aliphatic carbocycles. The Hall–Kier alpha value is -0.790. The Morgan fingerprint density at radius 2 is 1.95 bits per heavy atom. The molecule has 1 saturated carbocycles. The Kier molecular flexibility index (Phi) is 3.94. The third-order valence-electron chi connectivity index (χ3n) is 4.39. The van der Waals surface area contributed by atoms with E-state index in [1.807, 2.05) is 25.7 Å². The molecule has 6 heteroatoms. The lowest BCUT2D eigenvalue weighted by atomic mass is 10.2. The van der Waals surface area contributed by atoms with E-state index in [0.717, 1.165) is 13.1 Å². The zero-order valence-corrected chi connectivity index (χ0v) is 16.0. The number of amides is 1. The second-order valence-corrected chi connectivity index (χ2v) is 8.77. The summed E-state index contributed by atoms with van der Waals surface area (Å²) in [5.41, 5.74) is 0.770. The van der Waals surface area contributed by atoms with Gasteiger partial charge in [0.2, 0.25) is 0 Å².